The molecule has 0 bridgehead atoms. The van der Waals surface area contributed by atoms with Gasteiger partial charge in [-0.25, -0.2) is 0 Å². The van der Waals surface area contributed by atoms with Crippen molar-refractivity contribution in [3.05, 3.63) is 24.3 Å². The van der Waals surface area contributed by atoms with Gasteiger partial charge in [-0.15, -0.1) is 0 Å². The highest BCUT2D eigenvalue weighted by atomic mass is 16.2. The number of rotatable bonds is 10. The molecule has 4 heteroatoms. The van der Waals surface area contributed by atoms with Gasteiger partial charge in [-0.1, -0.05) is 70.9 Å². The highest BCUT2D eigenvalue weighted by Gasteiger charge is 2.30. The smallest absolute Gasteiger partial charge is 0.231 e. The van der Waals surface area contributed by atoms with E-state index >= 15 is 0 Å². The maximum Gasteiger partial charge on any atom is 0.231 e. The Hall–Kier alpha value is -1.84. The summed E-state index contributed by atoms with van der Waals surface area (Å²) in [5.74, 6) is -0.0496. The van der Waals surface area contributed by atoms with Gasteiger partial charge < -0.3 is 9.80 Å². The fourth-order valence-corrected chi connectivity index (χ4v) is 3.53. The summed E-state index contributed by atoms with van der Waals surface area (Å²) in [6.07, 6.45) is 10.8. The van der Waals surface area contributed by atoms with E-state index in [-0.39, 0.29) is 11.8 Å². The highest BCUT2D eigenvalue weighted by molar-refractivity contribution is 6.02. The number of anilines is 2. The number of benzene rings is 1. The Morgan fingerprint density at radius 1 is 1.00 bits per heavy atom. The van der Waals surface area contributed by atoms with Crippen LogP contribution in [0.25, 0.3) is 0 Å². The second kappa shape index (κ2) is 10.2. The lowest BCUT2D eigenvalue weighted by atomic mass is 10.1. The average molecular weight is 344 g/mol. The number of hydrogen-bond donors (Lipinski definition) is 0. The molecule has 0 aliphatic carbocycles. The lowest BCUT2D eigenvalue weighted by Crippen LogP contribution is -2.37. The van der Waals surface area contributed by atoms with Crippen molar-refractivity contribution in [3.8, 4) is 0 Å². The Labute approximate surface area is 152 Å². The van der Waals surface area contributed by atoms with Crippen LogP contribution in [0.5, 0.6) is 0 Å². The number of hydrogen-bond acceptors (Lipinski definition) is 2. The number of carbonyl (C=O) groups is 2. The van der Waals surface area contributed by atoms with Crippen LogP contribution in [0.4, 0.5) is 11.4 Å². The van der Waals surface area contributed by atoms with Crippen LogP contribution < -0.4 is 9.80 Å². The van der Waals surface area contributed by atoms with E-state index in [1.54, 1.807) is 4.90 Å². The van der Waals surface area contributed by atoms with Crippen LogP contribution in [-0.4, -0.2) is 25.4 Å². The Morgan fingerprint density at radius 3 is 2.24 bits per heavy atom. The fraction of sp³-hybridized carbons (Fsp3) is 0.619. The Balaban J connectivity index is 1.93. The van der Waals surface area contributed by atoms with Crippen molar-refractivity contribution >= 4 is 23.7 Å². The number of para-hydroxylation sites is 2. The van der Waals surface area contributed by atoms with E-state index in [4.69, 9.17) is 0 Å². The van der Waals surface area contributed by atoms with Crippen LogP contribution in [0.1, 0.15) is 65.2 Å². The second-order valence-electron chi connectivity index (χ2n) is 7.11. The van der Waals surface area contributed by atoms with Gasteiger partial charge in [0, 0.05) is 13.1 Å². The standard InChI is InChI=1S/C21H32N2O2/c1-3-4-5-6-7-8-9-12-15-23-20-14-11-10-13-19(20)22(17-24)16-18(2)21(23)25/h10-11,13-14,17-18H,3-9,12,15-16H2,1-2H3. The number of amides is 2. The predicted molar refractivity (Wildman–Crippen MR) is 104 cm³/mol. The topological polar surface area (TPSA) is 40.6 Å². The first kappa shape index (κ1) is 19.5. The summed E-state index contributed by atoms with van der Waals surface area (Å²) < 4.78 is 0. The normalized spacial score (nSPS) is 17.4. The van der Waals surface area contributed by atoms with Gasteiger partial charge in [0.25, 0.3) is 0 Å². The summed E-state index contributed by atoms with van der Waals surface area (Å²) in [6.45, 7) is 5.34. The van der Waals surface area contributed by atoms with Crippen molar-refractivity contribution in [3.63, 3.8) is 0 Å². The molecule has 25 heavy (non-hydrogen) atoms. The summed E-state index contributed by atoms with van der Waals surface area (Å²) in [5, 5.41) is 0. The zero-order valence-electron chi connectivity index (χ0n) is 15.7. The molecule has 1 atom stereocenters. The van der Waals surface area contributed by atoms with E-state index < -0.39 is 0 Å². The first-order valence-corrected chi connectivity index (χ1v) is 9.81. The van der Waals surface area contributed by atoms with Gasteiger partial charge in [0.2, 0.25) is 12.3 Å². The van der Waals surface area contributed by atoms with Crippen molar-refractivity contribution in [1.82, 2.24) is 0 Å². The molecule has 1 aliphatic heterocycles. The average Bonchev–Trinajstić information content (AvgIpc) is 2.73. The molecule has 1 aromatic rings. The Morgan fingerprint density at radius 2 is 1.60 bits per heavy atom. The number of fused-ring (bicyclic) bond motifs is 1. The van der Waals surface area contributed by atoms with Crippen molar-refractivity contribution in [2.45, 2.75) is 65.2 Å². The molecule has 138 valence electrons. The summed E-state index contributed by atoms with van der Waals surface area (Å²) in [7, 11) is 0. The Kier molecular flexibility index (Phi) is 7.96. The van der Waals surface area contributed by atoms with Gasteiger partial charge in [-0.3, -0.25) is 9.59 Å². The molecule has 0 saturated heterocycles. The molecule has 2 rings (SSSR count). The first-order valence-electron chi connectivity index (χ1n) is 9.81. The van der Waals surface area contributed by atoms with E-state index in [9.17, 15) is 9.59 Å². The fourth-order valence-electron chi connectivity index (χ4n) is 3.53. The van der Waals surface area contributed by atoms with E-state index in [1.807, 2.05) is 36.1 Å². The number of carbonyl (C=O) groups excluding carboxylic acids is 2. The summed E-state index contributed by atoms with van der Waals surface area (Å²) in [5.41, 5.74) is 1.71. The molecule has 4 nitrogen and oxygen atoms in total. The maximum atomic E-state index is 12.8. The van der Waals surface area contributed by atoms with Gasteiger partial charge in [-0.2, -0.15) is 0 Å². The minimum absolute atomic E-state index is 0.125. The quantitative estimate of drug-likeness (QED) is 0.453. The molecule has 2 amide bonds. The third-order valence-corrected chi connectivity index (χ3v) is 5.00. The van der Waals surface area contributed by atoms with Crippen molar-refractivity contribution in [1.29, 1.82) is 0 Å². The van der Waals surface area contributed by atoms with E-state index in [1.165, 1.54) is 38.5 Å². The molecule has 1 aromatic carbocycles. The van der Waals surface area contributed by atoms with E-state index in [0.717, 1.165) is 37.2 Å². The van der Waals surface area contributed by atoms with Crippen LogP contribution in [-0.2, 0) is 9.59 Å². The van der Waals surface area contributed by atoms with Crippen LogP contribution in [0.2, 0.25) is 0 Å². The molecule has 0 saturated carbocycles. The molecular formula is C21H32N2O2. The number of nitrogens with zero attached hydrogens (tertiary/aromatic N) is 2. The lowest BCUT2D eigenvalue weighted by Gasteiger charge is -2.24. The monoisotopic (exact) mass is 344 g/mol. The molecule has 0 fully saturated rings. The van der Waals surface area contributed by atoms with E-state index in [0.29, 0.717) is 6.54 Å². The minimum atomic E-state index is -0.174. The summed E-state index contributed by atoms with van der Waals surface area (Å²) in [4.78, 5) is 27.8. The largest absolute Gasteiger partial charge is 0.312 e. The third-order valence-electron chi connectivity index (χ3n) is 5.00. The van der Waals surface area contributed by atoms with Crippen molar-refractivity contribution in [2.75, 3.05) is 22.9 Å². The molecule has 0 spiro atoms. The number of unbranched alkanes of at least 4 members (excludes halogenated alkanes) is 7. The zero-order chi connectivity index (χ0) is 18.1. The molecule has 1 aliphatic rings. The Bertz CT molecular complexity index is 559. The molecule has 1 unspecified atom stereocenters. The van der Waals surface area contributed by atoms with Crippen LogP contribution >= 0.6 is 0 Å². The third kappa shape index (κ3) is 5.32. The van der Waals surface area contributed by atoms with E-state index in [2.05, 4.69) is 6.92 Å². The zero-order valence-corrected chi connectivity index (χ0v) is 15.7. The molecular weight excluding hydrogens is 312 g/mol. The SMILES string of the molecule is CCCCCCCCCCN1C(=O)C(C)CN(C=O)c2ccccc21. The minimum Gasteiger partial charge on any atom is -0.312 e. The molecule has 0 N–H and O–H groups in total. The van der Waals surface area contributed by atoms with Crippen LogP contribution in [0.15, 0.2) is 24.3 Å². The van der Waals surface area contributed by atoms with Gasteiger partial charge in [0.15, 0.2) is 0 Å². The molecule has 0 aromatic heterocycles. The summed E-state index contributed by atoms with van der Waals surface area (Å²) >= 11 is 0. The van der Waals surface area contributed by atoms with Crippen LogP contribution in [0, 0.1) is 5.92 Å². The second-order valence-corrected chi connectivity index (χ2v) is 7.11. The van der Waals surface area contributed by atoms with Gasteiger partial charge in [-0.05, 0) is 18.6 Å². The van der Waals surface area contributed by atoms with Gasteiger partial charge in [0.1, 0.15) is 0 Å². The van der Waals surface area contributed by atoms with Crippen LogP contribution in [0.3, 0.4) is 0 Å². The van der Waals surface area contributed by atoms with Gasteiger partial charge >= 0.3 is 0 Å². The molecule has 1 heterocycles. The summed E-state index contributed by atoms with van der Waals surface area (Å²) in [6, 6.07) is 7.73. The maximum absolute atomic E-state index is 12.8. The van der Waals surface area contributed by atoms with Crippen molar-refractivity contribution in [2.24, 2.45) is 5.92 Å². The first-order chi connectivity index (χ1) is 12.2. The van der Waals surface area contributed by atoms with Gasteiger partial charge in [0.05, 0.1) is 17.3 Å². The molecule has 0 radical (unpaired) electrons. The predicted octanol–water partition coefficient (Wildman–Crippen LogP) is 4.77. The highest BCUT2D eigenvalue weighted by Crippen LogP contribution is 2.33. The van der Waals surface area contributed by atoms with Crippen molar-refractivity contribution < 1.29 is 9.59 Å². The lowest BCUT2D eigenvalue weighted by molar-refractivity contribution is -0.121.